The van der Waals surface area contributed by atoms with Gasteiger partial charge in [-0.15, -0.1) is 0 Å². The summed E-state index contributed by atoms with van der Waals surface area (Å²) in [5.74, 6) is -0.364. The topological polar surface area (TPSA) is 49.4 Å². The molecule has 2 rings (SSSR count). The third-order valence-electron chi connectivity index (χ3n) is 3.83. The zero-order chi connectivity index (χ0) is 15.6. The van der Waals surface area contributed by atoms with E-state index in [-0.39, 0.29) is 17.6 Å². The monoisotopic (exact) mass is 292 g/mol. The van der Waals surface area contributed by atoms with Gasteiger partial charge < -0.3 is 10.2 Å². The molecule has 1 aromatic rings. The van der Waals surface area contributed by atoms with E-state index < -0.39 is 6.04 Å². The predicted octanol–water partition coefficient (Wildman–Crippen LogP) is 2.07. The fraction of sp³-hybridized carbons (Fsp3) is 0.500. The van der Waals surface area contributed by atoms with Crippen LogP contribution >= 0.6 is 0 Å². The van der Waals surface area contributed by atoms with Crippen molar-refractivity contribution in [1.29, 1.82) is 0 Å². The number of hydrogen-bond acceptors (Lipinski definition) is 2. The van der Waals surface area contributed by atoms with Gasteiger partial charge in [0, 0.05) is 19.5 Å². The van der Waals surface area contributed by atoms with Crippen LogP contribution in [0.15, 0.2) is 12.1 Å². The number of amides is 2. The van der Waals surface area contributed by atoms with E-state index in [0.717, 1.165) is 5.56 Å². The van der Waals surface area contributed by atoms with Crippen LogP contribution in [-0.2, 0) is 16.1 Å². The molecular formula is C16H21FN2O2. The van der Waals surface area contributed by atoms with Gasteiger partial charge in [0.1, 0.15) is 11.9 Å². The molecule has 5 heteroatoms. The van der Waals surface area contributed by atoms with E-state index in [1.165, 1.54) is 0 Å². The zero-order valence-electron chi connectivity index (χ0n) is 12.7. The first-order valence-electron chi connectivity index (χ1n) is 7.26. The van der Waals surface area contributed by atoms with Crippen LogP contribution in [0.3, 0.4) is 0 Å². The molecule has 0 aromatic heterocycles. The highest BCUT2D eigenvalue weighted by molar-refractivity contribution is 5.89. The van der Waals surface area contributed by atoms with E-state index in [1.807, 2.05) is 6.92 Å². The van der Waals surface area contributed by atoms with Crippen molar-refractivity contribution in [1.82, 2.24) is 10.2 Å². The van der Waals surface area contributed by atoms with E-state index in [0.29, 0.717) is 37.1 Å². The summed E-state index contributed by atoms with van der Waals surface area (Å²) in [4.78, 5) is 25.7. The van der Waals surface area contributed by atoms with Crippen LogP contribution in [0.25, 0.3) is 0 Å². The lowest BCUT2D eigenvalue weighted by Gasteiger charge is -2.24. The van der Waals surface area contributed by atoms with Crippen LogP contribution in [0, 0.1) is 19.7 Å². The smallest absolute Gasteiger partial charge is 0.245 e. The Morgan fingerprint density at radius 2 is 1.90 bits per heavy atom. The average Bonchev–Trinajstić information content (AvgIpc) is 2.57. The molecule has 1 heterocycles. The summed E-state index contributed by atoms with van der Waals surface area (Å²) in [6, 6.07) is 3.07. The molecule has 2 amide bonds. The molecule has 114 valence electrons. The minimum atomic E-state index is -0.456. The Labute approximate surface area is 124 Å². The molecule has 1 atom stereocenters. The van der Waals surface area contributed by atoms with Crippen LogP contribution in [-0.4, -0.2) is 29.3 Å². The number of rotatable bonds is 3. The summed E-state index contributed by atoms with van der Waals surface area (Å²) >= 11 is 0. The third kappa shape index (κ3) is 3.40. The van der Waals surface area contributed by atoms with Gasteiger partial charge in [0.2, 0.25) is 11.8 Å². The Balaban J connectivity index is 2.21. The maximum Gasteiger partial charge on any atom is 0.245 e. The molecule has 0 aliphatic carbocycles. The second kappa shape index (κ2) is 6.24. The highest BCUT2D eigenvalue weighted by Gasteiger charge is 2.28. The van der Waals surface area contributed by atoms with Gasteiger partial charge in [0.05, 0.1) is 0 Å². The van der Waals surface area contributed by atoms with Gasteiger partial charge in [-0.1, -0.05) is 19.1 Å². The fourth-order valence-electron chi connectivity index (χ4n) is 2.68. The van der Waals surface area contributed by atoms with E-state index >= 15 is 0 Å². The molecule has 1 saturated heterocycles. The van der Waals surface area contributed by atoms with Crippen molar-refractivity contribution in [2.24, 2.45) is 0 Å². The van der Waals surface area contributed by atoms with E-state index in [9.17, 15) is 14.0 Å². The van der Waals surface area contributed by atoms with Gasteiger partial charge in [-0.05, 0) is 37.0 Å². The van der Waals surface area contributed by atoms with Crippen LogP contribution < -0.4 is 5.32 Å². The second-order valence-electron chi connectivity index (χ2n) is 5.58. The Morgan fingerprint density at radius 1 is 1.29 bits per heavy atom. The molecule has 1 aliphatic heterocycles. The molecule has 4 nitrogen and oxygen atoms in total. The van der Waals surface area contributed by atoms with Crippen LogP contribution in [0.2, 0.25) is 0 Å². The lowest BCUT2D eigenvalue weighted by Crippen LogP contribution is -2.43. The molecule has 0 saturated carbocycles. The Hall–Kier alpha value is -1.91. The van der Waals surface area contributed by atoms with Gasteiger partial charge in [-0.25, -0.2) is 4.39 Å². The maximum absolute atomic E-state index is 13.7. The molecular weight excluding hydrogens is 271 g/mol. The molecule has 1 aromatic carbocycles. The van der Waals surface area contributed by atoms with Crippen molar-refractivity contribution in [2.45, 2.75) is 46.2 Å². The number of carbonyl (C=O) groups excluding carboxylic acids is 2. The van der Waals surface area contributed by atoms with Crippen LogP contribution in [0.5, 0.6) is 0 Å². The number of benzene rings is 1. The molecule has 0 bridgehead atoms. The minimum absolute atomic E-state index is 0.0667. The van der Waals surface area contributed by atoms with Crippen molar-refractivity contribution in [3.8, 4) is 0 Å². The highest BCUT2D eigenvalue weighted by atomic mass is 19.1. The number of halogens is 1. The molecule has 1 fully saturated rings. The maximum atomic E-state index is 13.7. The zero-order valence-corrected chi connectivity index (χ0v) is 12.7. The number of aryl methyl sites for hydroxylation is 2. The first-order chi connectivity index (χ1) is 9.92. The van der Waals surface area contributed by atoms with Crippen molar-refractivity contribution in [3.05, 3.63) is 34.6 Å². The van der Waals surface area contributed by atoms with Gasteiger partial charge in [-0.3, -0.25) is 9.59 Å². The molecule has 1 unspecified atom stereocenters. The quantitative estimate of drug-likeness (QED) is 0.927. The normalized spacial score (nSPS) is 19.4. The number of nitrogens with one attached hydrogen (secondary N) is 1. The second-order valence-corrected chi connectivity index (χ2v) is 5.58. The first kappa shape index (κ1) is 15.5. The number of nitrogens with zero attached hydrogens (tertiary/aromatic N) is 1. The van der Waals surface area contributed by atoms with Gasteiger partial charge in [0.15, 0.2) is 0 Å². The molecule has 0 spiro atoms. The summed E-state index contributed by atoms with van der Waals surface area (Å²) in [7, 11) is 0. The summed E-state index contributed by atoms with van der Waals surface area (Å²) in [6.45, 7) is 6.12. The summed E-state index contributed by atoms with van der Waals surface area (Å²) in [5, 5.41) is 2.74. The lowest BCUT2D eigenvalue weighted by molar-refractivity contribution is -0.134. The Morgan fingerprint density at radius 3 is 2.48 bits per heavy atom. The van der Waals surface area contributed by atoms with Gasteiger partial charge >= 0.3 is 0 Å². The van der Waals surface area contributed by atoms with Crippen LogP contribution in [0.4, 0.5) is 4.39 Å². The number of hydrogen-bond donors (Lipinski definition) is 1. The molecule has 1 N–H and O–H groups in total. The van der Waals surface area contributed by atoms with Crippen molar-refractivity contribution in [3.63, 3.8) is 0 Å². The third-order valence-corrected chi connectivity index (χ3v) is 3.83. The standard InChI is InChI=1S/C16H21FN2O2/c1-4-13-16(21)19(6-5-14(20)18-13)9-12-7-10(2)15(17)11(3)8-12/h7-8,13H,4-6,9H2,1-3H3,(H,18,20). The van der Waals surface area contributed by atoms with Crippen molar-refractivity contribution >= 4 is 11.8 Å². The largest absolute Gasteiger partial charge is 0.344 e. The van der Waals surface area contributed by atoms with E-state index in [2.05, 4.69) is 5.32 Å². The van der Waals surface area contributed by atoms with E-state index in [4.69, 9.17) is 0 Å². The van der Waals surface area contributed by atoms with Crippen molar-refractivity contribution in [2.75, 3.05) is 6.54 Å². The van der Waals surface area contributed by atoms with Crippen LogP contribution in [0.1, 0.15) is 36.5 Å². The van der Waals surface area contributed by atoms with Crippen molar-refractivity contribution < 1.29 is 14.0 Å². The predicted molar refractivity (Wildman–Crippen MR) is 78.1 cm³/mol. The van der Waals surface area contributed by atoms with Gasteiger partial charge in [-0.2, -0.15) is 0 Å². The molecule has 0 radical (unpaired) electrons. The Bertz CT molecular complexity index is 548. The molecule has 1 aliphatic rings. The fourth-order valence-corrected chi connectivity index (χ4v) is 2.68. The lowest BCUT2D eigenvalue weighted by atomic mass is 10.1. The highest BCUT2D eigenvalue weighted by Crippen LogP contribution is 2.18. The number of carbonyl (C=O) groups is 2. The first-order valence-corrected chi connectivity index (χ1v) is 7.26. The SMILES string of the molecule is CCC1NC(=O)CCN(Cc2cc(C)c(F)c(C)c2)C1=O. The summed E-state index contributed by atoms with van der Waals surface area (Å²) in [6.07, 6.45) is 0.879. The minimum Gasteiger partial charge on any atom is -0.344 e. The van der Waals surface area contributed by atoms with E-state index in [1.54, 1.807) is 30.9 Å². The summed E-state index contributed by atoms with van der Waals surface area (Å²) < 4.78 is 13.7. The molecule has 21 heavy (non-hydrogen) atoms. The summed E-state index contributed by atoms with van der Waals surface area (Å²) in [5.41, 5.74) is 2.05. The Kier molecular flexibility index (Phi) is 4.60. The average molecular weight is 292 g/mol. The van der Waals surface area contributed by atoms with Gasteiger partial charge in [0.25, 0.3) is 0 Å².